The van der Waals surface area contributed by atoms with Crippen molar-refractivity contribution in [1.82, 2.24) is 14.7 Å². The number of hydrogen-bond acceptors (Lipinski definition) is 3. The third kappa shape index (κ3) is 5.10. The van der Waals surface area contributed by atoms with Gasteiger partial charge in [-0.1, -0.05) is 79.2 Å². The molecule has 6 heteroatoms. The van der Waals surface area contributed by atoms with E-state index in [0.29, 0.717) is 35.3 Å². The van der Waals surface area contributed by atoms with E-state index in [2.05, 4.69) is 6.92 Å². The predicted molar refractivity (Wildman–Crippen MR) is 132 cm³/mol. The lowest BCUT2D eigenvalue weighted by Gasteiger charge is -2.23. The molecule has 0 bridgehead atoms. The SMILES string of the molecule is CCCN(Cc1c(-c2ccccc2)nn(C)c1Oc1ccccc1)C(=O)c1ccccc1Cl. The van der Waals surface area contributed by atoms with Gasteiger partial charge in [0.15, 0.2) is 0 Å². The van der Waals surface area contributed by atoms with E-state index >= 15 is 0 Å². The molecule has 1 aromatic heterocycles. The molecule has 0 aliphatic carbocycles. The van der Waals surface area contributed by atoms with E-state index in [1.807, 2.05) is 84.7 Å². The highest BCUT2D eigenvalue weighted by Gasteiger charge is 2.25. The minimum absolute atomic E-state index is 0.115. The van der Waals surface area contributed by atoms with E-state index in [9.17, 15) is 4.79 Å². The molecule has 4 rings (SSSR count). The van der Waals surface area contributed by atoms with E-state index < -0.39 is 0 Å². The summed E-state index contributed by atoms with van der Waals surface area (Å²) < 4.78 is 8.00. The van der Waals surface area contributed by atoms with Crippen molar-refractivity contribution in [3.63, 3.8) is 0 Å². The van der Waals surface area contributed by atoms with Crippen LogP contribution in [0.3, 0.4) is 0 Å². The highest BCUT2D eigenvalue weighted by Crippen LogP contribution is 2.34. The Hall–Kier alpha value is -3.57. The third-order valence-electron chi connectivity index (χ3n) is 5.33. The van der Waals surface area contributed by atoms with Gasteiger partial charge in [-0.15, -0.1) is 0 Å². The van der Waals surface area contributed by atoms with Crippen LogP contribution in [-0.4, -0.2) is 27.1 Å². The molecule has 4 aromatic rings. The number of aromatic nitrogens is 2. The molecule has 0 unspecified atom stereocenters. The molecule has 0 saturated heterocycles. The van der Waals surface area contributed by atoms with E-state index in [4.69, 9.17) is 21.4 Å². The first kappa shape index (κ1) is 22.6. The minimum Gasteiger partial charge on any atom is -0.439 e. The quantitative estimate of drug-likeness (QED) is 0.299. The Balaban J connectivity index is 1.77. The fraction of sp³-hybridized carbons (Fsp3) is 0.185. The molecule has 0 saturated carbocycles. The van der Waals surface area contributed by atoms with Crippen LogP contribution in [0.15, 0.2) is 84.9 Å². The Morgan fingerprint density at radius 1 is 0.970 bits per heavy atom. The maximum absolute atomic E-state index is 13.5. The Bertz CT molecular complexity index is 1220. The number of para-hydroxylation sites is 1. The molecule has 0 aliphatic heterocycles. The molecule has 0 N–H and O–H groups in total. The van der Waals surface area contributed by atoms with Gasteiger partial charge in [0.25, 0.3) is 5.91 Å². The Morgan fingerprint density at radius 2 is 1.61 bits per heavy atom. The zero-order valence-corrected chi connectivity index (χ0v) is 19.5. The number of aryl methyl sites for hydroxylation is 1. The van der Waals surface area contributed by atoms with Crippen LogP contribution in [0.25, 0.3) is 11.3 Å². The lowest BCUT2D eigenvalue weighted by molar-refractivity contribution is 0.0742. The van der Waals surface area contributed by atoms with Crippen LogP contribution < -0.4 is 4.74 Å². The standard InChI is InChI=1S/C27H26ClN3O2/c1-3-18-31(26(32)22-16-10-11-17-24(22)28)19-23-25(20-12-6-4-7-13-20)29-30(2)27(23)33-21-14-8-5-9-15-21/h4-17H,3,18-19H2,1-2H3. The van der Waals surface area contributed by atoms with Crippen molar-refractivity contribution in [2.24, 2.45) is 7.05 Å². The molecule has 0 aliphatic rings. The summed E-state index contributed by atoms with van der Waals surface area (Å²) in [5.41, 5.74) is 3.09. The van der Waals surface area contributed by atoms with Gasteiger partial charge in [0, 0.05) is 19.2 Å². The van der Waals surface area contributed by atoms with Gasteiger partial charge in [-0.2, -0.15) is 5.10 Å². The normalized spacial score (nSPS) is 10.8. The van der Waals surface area contributed by atoms with Crippen molar-refractivity contribution in [2.45, 2.75) is 19.9 Å². The molecule has 1 heterocycles. The second-order valence-electron chi connectivity index (χ2n) is 7.74. The Labute approximate surface area is 199 Å². The molecular weight excluding hydrogens is 434 g/mol. The minimum atomic E-state index is -0.115. The monoisotopic (exact) mass is 459 g/mol. The molecular formula is C27H26ClN3O2. The number of amides is 1. The fourth-order valence-electron chi connectivity index (χ4n) is 3.77. The molecule has 0 radical (unpaired) electrons. The fourth-order valence-corrected chi connectivity index (χ4v) is 3.99. The maximum atomic E-state index is 13.5. The lowest BCUT2D eigenvalue weighted by atomic mass is 10.1. The zero-order valence-electron chi connectivity index (χ0n) is 18.7. The van der Waals surface area contributed by atoms with Crippen molar-refractivity contribution in [2.75, 3.05) is 6.54 Å². The second kappa shape index (κ2) is 10.4. The number of carbonyl (C=O) groups excluding carboxylic acids is 1. The highest BCUT2D eigenvalue weighted by molar-refractivity contribution is 6.33. The molecule has 168 valence electrons. The lowest BCUT2D eigenvalue weighted by Crippen LogP contribution is -2.31. The van der Waals surface area contributed by atoms with Gasteiger partial charge in [0.05, 0.1) is 22.7 Å². The first-order chi connectivity index (χ1) is 16.1. The molecule has 0 fully saturated rings. The van der Waals surface area contributed by atoms with Gasteiger partial charge in [-0.3, -0.25) is 4.79 Å². The zero-order chi connectivity index (χ0) is 23.2. The van der Waals surface area contributed by atoms with Gasteiger partial charge in [0.2, 0.25) is 5.88 Å². The van der Waals surface area contributed by atoms with E-state index in [1.54, 1.807) is 16.8 Å². The maximum Gasteiger partial charge on any atom is 0.255 e. The first-order valence-corrected chi connectivity index (χ1v) is 11.3. The molecule has 33 heavy (non-hydrogen) atoms. The van der Waals surface area contributed by atoms with Crippen molar-refractivity contribution < 1.29 is 9.53 Å². The summed E-state index contributed by atoms with van der Waals surface area (Å²) in [6, 6.07) is 26.7. The summed E-state index contributed by atoms with van der Waals surface area (Å²) in [5, 5.41) is 5.21. The number of carbonyl (C=O) groups is 1. The summed E-state index contributed by atoms with van der Waals surface area (Å²) in [6.45, 7) is 2.98. The number of hydrogen-bond donors (Lipinski definition) is 0. The van der Waals surface area contributed by atoms with Crippen LogP contribution in [0.1, 0.15) is 29.3 Å². The topological polar surface area (TPSA) is 47.4 Å². The molecule has 5 nitrogen and oxygen atoms in total. The summed E-state index contributed by atoms with van der Waals surface area (Å²) in [5.74, 6) is 1.20. The molecule has 1 amide bonds. The number of rotatable bonds is 8. The molecule has 0 spiro atoms. The van der Waals surface area contributed by atoms with Crippen LogP contribution in [0.5, 0.6) is 11.6 Å². The molecule has 3 aromatic carbocycles. The summed E-state index contributed by atoms with van der Waals surface area (Å²) in [7, 11) is 1.86. The number of halogens is 1. The van der Waals surface area contributed by atoms with E-state index in [1.165, 1.54) is 0 Å². The molecule has 0 atom stereocenters. The summed E-state index contributed by atoms with van der Waals surface area (Å²) in [4.78, 5) is 15.3. The van der Waals surface area contributed by atoms with Gasteiger partial charge in [-0.05, 0) is 30.7 Å². The van der Waals surface area contributed by atoms with Crippen LogP contribution >= 0.6 is 11.6 Å². The van der Waals surface area contributed by atoms with Crippen LogP contribution in [0.4, 0.5) is 0 Å². The van der Waals surface area contributed by atoms with Crippen LogP contribution in [-0.2, 0) is 13.6 Å². The van der Waals surface area contributed by atoms with Crippen LogP contribution in [0.2, 0.25) is 5.02 Å². The van der Waals surface area contributed by atoms with Crippen LogP contribution in [0, 0.1) is 0 Å². The third-order valence-corrected chi connectivity index (χ3v) is 5.66. The average Bonchev–Trinajstić information content (AvgIpc) is 3.15. The largest absolute Gasteiger partial charge is 0.439 e. The van der Waals surface area contributed by atoms with Crippen molar-refractivity contribution in [3.05, 3.63) is 101 Å². The average molecular weight is 460 g/mol. The smallest absolute Gasteiger partial charge is 0.255 e. The van der Waals surface area contributed by atoms with Crippen molar-refractivity contribution >= 4 is 17.5 Å². The predicted octanol–water partition coefficient (Wildman–Crippen LogP) is 6.59. The highest BCUT2D eigenvalue weighted by atomic mass is 35.5. The van der Waals surface area contributed by atoms with E-state index in [-0.39, 0.29) is 5.91 Å². The van der Waals surface area contributed by atoms with Crippen molar-refractivity contribution in [3.8, 4) is 22.9 Å². The Kier molecular flexibility index (Phi) is 7.10. The van der Waals surface area contributed by atoms with Gasteiger partial charge < -0.3 is 9.64 Å². The van der Waals surface area contributed by atoms with Gasteiger partial charge in [0.1, 0.15) is 11.4 Å². The summed E-state index contributed by atoms with van der Waals surface area (Å²) >= 11 is 6.35. The second-order valence-corrected chi connectivity index (χ2v) is 8.15. The van der Waals surface area contributed by atoms with Crippen molar-refractivity contribution in [1.29, 1.82) is 0 Å². The summed E-state index contributed by atoms with van der Waals surface area (Å²) in [6.07, 6.45) is 0.812. The Morgan fingerprint density at radius 3 is 2.27 bits per heavy atom. The number of ether oxygens (including phenoxy) is 1. The number of nitrogens with zero attached hydrogens (tertiary/aromatic N) is 3. The van der Waals surface area contributed by atoms with Gasteiger partial charge in [-0.25, -0.2) is 4.68 Å². The first-order valence-electron chi connectivity index (χ1n) is 11.0. The number of benzene rings is 3. The van der Waals surface area contributed by atoms with Gasteiger partial charge >= 0.3 is 0 Å². The van der Waals surface area contributed by atoms with E-state index in [0.717, 1.165) is 23.2 Å².